The molecule has 1 aromatic rings. The Hall–Kier alpha value is -1.91. The zero-order valence-corrected chi connectivity index (χ0v) is 10.6. The largest absolute Gasteiger partial charge is 0.482 e. The van der Waals surface area contributed by atoms with Crippen molar-refractivity contribution >= 4 is 11.5 Å². The highest BCUT2D eigenvalue weighted by molar-refractivity contribution is 5.89. The molecule has 0 aromatic heterocycles. The van der Waals surface area contributed by atoms with Crippen LogP contribution in [0.15, 0.2) is 18.2 Å². The topological polar surface area (TPSA) is 69.4 Å². The fourth-order valence-corrected chi connectivity index (χ4v) is 1.98. The van der Waals surface area contributed by atoms with Crippen molar-refractivity contribution in [2.45, 2.75) is 33.3 Å². The van der Waals surface area contributed by atoms with Crippen molar-refractivity contribution in [3.8, 4) is 5.75 Å². The summed E-state index contributed by atoms with van der Waals surface area (Å²) in [5.74, 6) is 0.588. The number of fused-ring (bicyclic) bond motifs is 1. The number of carbonyl (C=O) groups excluding carboxylic acids is 1. The molecule has 0 aliphatic carbocycles. The van der Waals surface area contributed by atoms with Gasteiger partial charge in [-0.25, -0.2) is 0 Å². The van der Waals surface area contributed by atoms with E-state index in [0.29, 0.717) is 12.2 Å². The Morgan fingerprint density at radius 2 is 2.11 bits per heavy atom. The first-order valence-corrected chi connectivity index (χ1v) is 5.77. The molecule has 0 saturated carbocycles. The molecule has 2 rings (SSSR count). The third-order valence-corrected chi connectivity index (χ3v) is 2.96. The molecule has 1 aliphatic heterocycles. The molecule has 18 heavy (non-hydrogen) atoms. The van der Waals surface area contributed by atoms with Crippen molar-refractivity contribution in [2.75, 3.05) is 0 Å². The van der Waals surface area contributed by atoms with Crippen LogP contribution in [0.3, 0.4) is 0 Å². The Kier molecular flexibility index (Phi) is 2.84. The van der Waals surface area contributed by atoms with Crippen LogP contribution in [-0.2, 0) is 11.2 Å². The van der Waals surface area contributed by atoms with Gasteiger partial charge in [0.1, 0.15) is 5.75 Å². The monoisotopic (exact) mass is 249 g/mol. The van der Waals surface area contributed by atoms with E-state index >= 15 is 0 Å². The van der Waals surface area contributed by atoms with Crippen molar-refractivity contribution in [3.63, 3.8) is 0 Å². The third-order valence-electron chi connectivity index (χ3n) is 2.96. The van der Waals surface area contributed by atoms with E-state index in [-0.39, 0.29) is 11.5 Å². The van der Waals surface area contributed by atoms with Gasteiger partial charge in [-0.2, -0.15) is 0 Å². The van der Waals surface area contributed by atoms with Gasteiger partial charge in [0.15, 0.2) is 11.9 Å². The van der Waals surface area contributed by atoms with E-state index < -0.39 is 16.4 Å². The Morgan fingerprint density at radius 1 is 1.44 bits per heavy atom. The number of ether oxygens (including phenoxy) is 1. The lowest BCUT2D eigenvalue weighted by Crippen LogP contribution is -2.35. The maximum Gasteiger partial charge on any atom is 0.269 e. The lowest BCUT2D eigenvalue weighted by Gasteiger charge is -2.20. The van der Waals surface area contributed by atoms with Crippen LogP contribution in [0.5, 0.6) is 5.75 Å². The van der Waals surface area contributed by atoms with Crippen molar-refractivity contribution in [1.82, 2.24) is 0 Å². The van der Waals surface area contributed by atoms with Crippen LogP contribution in [0.4, 0.5) is 5.69 Å². The van der Waals surface area contributed by atoms with Gasteiger partial charge < -0.3 is 4.74 Å². The summed E-state index contributed by atoms with van der Waals surface area (Å²) in [7, 11) is 0. The molecular weight excluding hydrogens is 234 g/mol. The van der Waals surface area contributed by atoms with Gasteiger partial charge in [0, 0.05) is 29.5 Å². The van der Waals surface area contributed by atoms with Gasteiger partial charge >= 0.3 is 0 Å². The first kappa shape index (κ1) is 12.5. The Bertz CT molecular complexity index is 516. The average molecular weight is 249 g/mol. The number of benzene rings is 1. The molecule has 1 heterocycles. The first-order chi connectivity index (χ1) is 8.29. The number of nitrogens with zero attached hydrogens (tertiary/aromatic N) is 1. The maximum absolute atomic E-state index is 12.1. The summed E-state index contributed by atoms with van der Waals surface area (Å²) in [5.41, 5.74) is 0.284. The number of carbonyl (C=O) groups is 1. The summed E-state index contributed by atoms with van der Waals surface area (Å²) < 4.78 is 5.56. The van der Waals surface area contributed by atoms with Crippen molar-refractivity contribution in [2.24, 2.45) is 5.41 Å². The highest BCUT2D eigenvalue weighted by Gasteiger charge is 2.36. The highest BCUT2D eigenvalue weighted by Crippen LogP contribution is 2.34. The summed E-state index contributed by atoms with van der Waals surface area (Å²) in [6, 6.07) is 4.43. The van der Waals surface area contributed by atoms with Crippen molar-refractivity contribution < 1.29 is 14.5 Å². The van der Waals surface area contributed by atoms with Gasteiger partial charge in [-0.3, -0.25) is 14.9 Å². The molecule has 1 unspecified atom stereocenters. The SMILES string of the molecule is CC(C)(C)C(=O)C1Cc2cc([N+](=O)[O-])ccc2O1. The minimum atomic E-state index is -0.526. The van der Waals surface area contributed by atoms with Crippen LogP contribution in [0.2, 0.25) is 0 Å². The quantitative estimate of drug-likeness (QED) is 0.596. The molecule has 5 heteroatoms. The van der Waals surface area contributed by atoms with E-state index in [4.69, 9.17) is 4.74 Å². The molecular formula is C13H15NO4. The summed E-state index contributed by atoms with van der Waals surface area (Å²) in [6.07, 6.45) is -0.116. The van der Waals surface area contributed by atoms with E-state index in [1.165, 1.54) is 12.1 Å². The lowest BCUT2D eigenvalue weighted by molar-refractivity contribution is -0.384. The fraction of sp³-hybridized carbons (Fsp3) is 0.462. The van der Waals surface area contributed by atoms with Crippen LogP contribution < -0.4 is 4.74 Å². The molecule has 1 aromatic carbocycles. The van der Waals surface area contributed by atoms with Crippen LogP contribution in [0.1, 0.15) is 26.3 Å². The second kappa shape index (κ2) is 4.08. The number of nitro benzene ring substituents is 1. The van der Waals surface area contributed by atoms with Gasteiger partial charge in [0.25, 0.3) is 5.69 Å². The van der Waals surface area contributed by atoms with Crippen molar-refractivity contribution in [3.05, 3.63) is 33.9 Å². The highest BCUT2D eigenvalue weighted by atomic mass is 16.6. The van der Waals surface area contributed by atoms with E-state index in [1.807, 2.05) is 20.8 Å². The van der Waals surface area contributed by atoms with Crippen LogP contribution >= 0.6 is 0 Å². The minimum Gasteiger partial charge on any atom is -0.482 e. The lowest BCUT2D eigenvalue weighted by atomic mass is 9.86. The Labute approximate surface area is 105 Å². The van der Waals surface area contributed by atoms with E-state index in [2.05, 4.69) is 0 Å². The number of rotatable bonds is 2. The number of ketones is 1. The zero-order chi connectivity index (χ0) is 13.5. The molecule has 0 N–H and O–H groups in total. The summed E-state index contributed by atoms with van der Waals surface area (Å²) >= 11 is 0. The number of nitro groups is 1. The van der Waals surface area contributed by atoms with Gasteiger partial charge in [-0.1, -0.05) is 20.8 Å². The van der Waals surface area contributed by atoms with Crippen LogP contribution in [-0.4, -0.2) is 16.8 Å². The van der Waals surface area contributed by atoms with E-state index in [0.717, 1.165) is 5.56 Å². The molecule has 5 nitrogen and oxygen atoms in total. The molecule has 0 saturated heterocycles. The second-order valence-corrected chi connectivity index (χ2v) is 5.47. The van der Waals surface area contributed by atoms with Gasteiger partial charge in [0.05, 0.1) is 4.92 Å². The zero-order valence-electron chi connectivity index (χ0n) is 10.6. The Morgan fingerprint density at radius 3 is 2.67 bits per heavy atom. The molecule has 96 valence electrons. The number of non-ortho nitro benzene ring substituents is 1. The molecule has 1 atom stereocenters. The normalized spacial score (nSPS) is 18.1. The van der Waals surface area contributed by atoms with Crippen LogP contribution in [0.25, 0.3) is 0 Å². The maximum atomic E-state index is 12.1. The second-order valence-electron chi connectivity index (χ2n) is 5.47. The number of hydrogen-bond donors (Lipinski definition) is 0. The minimum absolute atomic E-state index is 0.0151. The predicted octanol–water partition coefficient (Wildman–Crippen LogP) is 2.51. The summed E-state index contributed by atoms with van der Waals surface area (Å²) in [6.45, 7) is 5.51. The molecule has 0 amide bonds. The molecule has 1 aliphatic rings. The molecule has 0 bridgehead atoms. The first-order valence-electron chi connectivity index (χ1n) is 5.77. The number of Topliss-reactive ketones (excluding diaryl/α,β-unsaturated/α-hetero) is 1. The van der Waals surface area contributed by atoms with Gasteiger partial charge in [0.2, 0.25) is 0 Å². The smallest absolute Gasteiger partial charge is 0.269 e. The van der Waals surface area contributed by atoms with Crippen LogP contribution in [0, 0.1) is 15.5 Å². The van der Waals surface area contributed by atoms with Crippen molar-refractivity contribution in [1.29, 1.82) is 0 Å². The summed E-state index contributed by atoms with van der Waals surface area (Å²) in [5, 5.41) is 10.7. The van der Waals surface area contributed by atoms with Gasteiger partial charge in [-0.05, 0) is 6.07 Å². The molecule has 0 spiro atoms. The Balaban J connectivity index is 2.23. The molecule has 0 radical (unpaired) electrons. The van der Waals surface area contributed by atoms with E-state index in [1.54, 1.807) is 6.07 Å². The average Bonchev–Trinajstić information content (AvgIpc) is 2.68. The third kappa shape index (κ3) is 2.20. The predicted molar refractivity (Wildman–Crippen MR) is 65.7 cm³/mol. The standard InChI is InChI=1S/C13H15NO4/c1-13(2,3)12(15)11-7-8-6-9(14(16)17)4-5-10(8)18-11/h4-6,11H,7H2,1-3H3. The fourth-order valence-electron chi connectivity index (χ4n) is 1.98. The number of hydrogen-bond acceptors (Lipinski definition) is 4. The summed E-state index contributed by atoms with van der Waals surface area (Å²) in [4.78, 5) is 22.3. The molecule has 0 fully saturated rings. The van der Waals surface area contributed by atoms with E-state index in [9.17, 15) is 14.9 Å². The van der Waals surface area contributed by atoms with Gasteiger partial charge in [-0.15, -0.1) is 0 Å².